The molecule has 96 valence electrons. The van der Waals surface area contributed by atoms with Crippen LogP contribution in [0.15, 0.2) is 17.5 Å². The summed E-state index contributed by atoms with van der Waals surface area (Å²) in [4.78, 5) is 4.53. The molecule has 0 bridgehead atoms. The molecule has 0 saturated heterocycles. The Bertz CT molecular complexity index is 525. The van der Waals surface area contributed by atoms with Crippen LogP contribution in [0.5, 0.6) is 5.75 Å². The molecule has 0 aliphatic heterocycles. The second kappa shape index (κ2) is 5.50. The lowest BCUT2D eigenvalue weighted by molar-refractivity contribution is 0.299. The average molecular weight is 263 g/mol. The van der Waals surface area contributed by atoms with E-state index in [4.69, 9.17) is 9.84 Å². The highest BCUT2D eigenvalue weighted by Crippen LogP contribution is 2.30. The lowest BCUT2D eigenvalue weighted by atomic mass is 10.0. The van der Waals surface area contributed by atoms with Crippen LogP contribution in [-0.2, 0) is 6.42 Å². The molecule has 18 heavy (non-hydrogen) atoms. The first-order valence-corrected chi connectivity index (χ1v) is 6.74. The van der Waals surface area contributed by atoms with E-state index >= 15 is 0 Å². The van der Waals surface area contributed by atoms with Crippen molar-refractivity contribution in [3.8, 4) is 17.0 Å². The number of aliphatic hydroxyl groups is 1. The lowest BCUT2D eigenvalue weighted by Crippen LogP contribution is -1.93. The number of nitrogens with zero attached hydrogens (tertiary/aromatic N) is 1. The van der Waals surface area contributed by atoms with Crippen molar-refractivity contribution in [3.63, 3.8) is 0 Å². The Morgan fingerprint density at radius 2 is 1.94 bits per heavy atom. The molecule has 0 aliphatic rings. The summed E-state index contributed by atoms with van der Waals surface area (Å²) in [6.07, 6.45) is 0.624. The minimum atomic E-state index is 0.146. The van der Waals surface area contributed by atoms with Crippen molar-refractivity contribution in [1.82, 2.24) is 4.98 Å². The maximum Gasteiger partial charge on any atom is 0.124 e. The van der Waals surface area contributed by atoms with Gasteiger partial charge in [0.1, 0.15) is 5.75 Å². The van der Waals surface area contributed by atoms with Crippen LogP contribution < -0.4 is 4.74 Å². The number of methoxy groups -OCH3 is 1. The van der Waals surface area contributed by atoms with Gasteiger partial charge in [-0.25, -0.2) is 4.98 Å². The van der Waals surface area contributed by atoms with Crippen LogP contribution in [0.25, 0.3) is 11.3 Å². The largest absolute Gasteiger partial charge is 0.496 e. The van der Waals surface area contributed by atoms with E-state index in [-0.39, 0.29) is 6.61 Å². The fourth-order valence-electron chi connectivity index (χ4n) is 2.07. The molecule has 2 aromatic rings. The van der Waals surface area contributed by atoms with E-state index in [0.29, 0.717) is 6.42 Å². The van der Waals surface area contributed by atoms with Gasteiger partial charge in [-0.05, 0) is 37.1 Å². The molecule has 4 heteroatoms. The number of ether oxygens (including phenoxy) is 1. The zero-order valence-electron chi connectivity index (χ0n) is 10.9. The molecular weight excluding hydrogens is 246 g/mol. The van der Waals surface area contributed by atoms with Gasteiger partial charge in [0.25, 0.3) is 0 Å². The standard InChI is InChI=1S/C14H17NO2S/c1-9-6-11(7-10(2)14(9)17-3)12-8-18-13(15-12)4-5-16/h6-8,16H,4-5H2,1-3H3. The summed E-state index contributed by atoms with van der Waals surface area (Å²) in [5.74, 6) is 0.935. The number of aryl methyl sites for hydroxylation is 2. The summed E-state index contributed by atoms with van der Waals surface area (Å²) in [7, 11) is 1.69. The summed E-state index contributed by atoms with van der Waals surface area (Å²) >= 11 is 1.59. The zero-order valence-corrected chi connectivity index (χ0v) is 11.7. The van der Waals surface area contributed by atoms with E-state index in [1.807, 2.05) is 19.2 Å². The van der Waals surface area contributed by atoms with E-state index in [1.165, 1.54) is 0 Å². The Morgan fingerprint density at radius 3 is 2.50 bits per heavy atom. The minimum absolute atomic E-state index is 0.146. The summed E-state index contributed by atoms with van der Waals surface area (Å²) < 4.78 is 5.36. The molecule has 2 rings (SSSR count). The number of thiazole rings is 1. The minimum Gasteiger partial charge on any atom is -0.496 e. The van der Waals surface area contributed by atoms with E-state index < -0.39 is 0 Å². The fraction of sp³-hybridized carbons (Fsp3) is 0.357. The summed E-state index contributed by atoms with van der Waals surface area (Å²) in [6, 6.07) is 4.17. The second-order valence-corrected chi connectivity index (χ2v) is 5.19. The zero-order chi connectivity index (χ0) is 13.1. The number of benzene rings is 1. The van der Waals surface area contributed by atoms with E-state index in [0.717, 1.165) is 33.1 Å². The van der Waals surface area contributed by atoms with Crippen molar-refractivity contribution in [2.75, 3.05) is 13.7 Å². The van der Waals surface area contributed by atoms with Gasteiger partial charge in [0.15, 0.2) is 0 Å². The van der Waals surface area contributed by atoms with Gasteiger partial charge >= 0.3 is 0 Å². The van der Waals surface area contributed by atoms with Gasteiger partial charge < -0.3 is 9.84 Å². The number of aromatic nitrogens is 1. The number of hydrogen-bond donors (Lipinski definition) is 1. The molecule has 0 amide bonds. The Kier molecular flexibility index (Phi) is 3.99. The Balaban J connectivity index is 2.38. The van der Waals surface area contributed by atoms with Crippen molar-refractivity contribution >= 4 is 11.3 Å². The highest BCUT2D eigenvalue weighted by molar-refractivity contribution is 7.09. The van der Waals surface area contributed by atoms with Gasteiger partial charge in [-0.15, -0.1) is 11.3 Å². The first-order chi connectivity index (χ1) is 8.65. The molecule has 1 aromatic heterocycles. The van der Waals surface area contributed by atoms with Crippen LogP contribution in [-0.4, -0.2) is 23.8 Å². The number of rotatable bonds is 4. The van der Waals surface area contributed by atoms with Crippen molar-refractivity contribution < 1.29 is 9.84 Å². The van der Waals surface area contributed by atoms with Crippen LogP contribution >= 0.6 is 11.3 Å². The van der Waals surface area contributed by atoms with Gasteiger partial charge in [-0.1, -0.05) is 0 Å². The topological polar surface area (TPSA) is 42.4 Å². The van der Waals surface area contributed by atoms with Gasteiger partial charge in [-0.2, -0.15) is 0 Å². The quantitative estimate of drug-likeness (QED) is 0.922. The van der Waals surface area contributed by atoms with Crippen molar-refractivity contribution in [2.24, 2.45) is 0 Å². The van der Waals surface area contributed by atoms with Gasteiger partial charge in [0.05, 0.1) is 17.8 Å². The first-order valence-electron chi connectivity index (χ1n) is 5.86. The molecule has 1 aromatic carbocycles. The van der Waals surface area contributed by atoms with Gasteiger partial charge in [0.2, 0.25) is 0 Å². The third kappa shape index (κ3) is 2.54. The molecule has 0 aliphatic carbocycles. The summed E-state index contributed by atoms with van der Waals surface area (Å²) in [5.41, 5.74) is 4.30. The third-order valence-electron chi connectivity index (χ3n) is 2.84. The molecule has 1 heterocycles. The monoisotopic (exact) mass is 263 g/mol. The van der Waals surface area contributed by atoms with Crippen LogP contribution in [0.1, 0.15) is 16.1 Å². The molecule has 1 N–H and O–H groups in total. The van der Waals surface area contributed by atoms with Crippen LogP contribution in [0.3, 0.4) is 0 Å². The molecule has 3 nitrogen and oxygen atoms in total. The normalized spacial score (nSPS) is 10.7. The van der Waals surface area contributed by atoms with Crippen molar-refractivity contribution in [2.45, 2.75) is 20.3 Å². The molecule has 0 unspecified atom stereocenters. The van der Waals surface area contributed by atoms with Crippen LogP contribution in [0.4, 0.5) is 0 Å². The molecule has 0 spiro atoms. The van der Waals surface area contributed by atoms with E-state index in [2.05, 4.69) is 17.1 Å². The predicted molar refractivity (Wildman–Crippen MR) is 74.4 cm³/mol. The molecular formula is C14H17NO2S. The smallest absolute Gasteiger partial charge is 0.124 e. The number of aliphatic hydroxyl groups excluding tert-OH is 1. The lowest BCUT2D eigenvalue weighted by Gasteiger charge is -2.10. The molecule has 0 radical (unpaired) electrons. The predicted octanol–water partition coefficient (Wildman–Crippen LogP) is 2.97. The average Bonchev–Trinajstić information content (AvgIpc) is 2.78. The van der Waals surface area contributed by atoms with E-state index in [1.54, 1.807) is 18.4 Å². The molecule has 0 atom stereocenters. The first kappa shape index (κ1) is 13.1. The van der Waals surface area contributed by atoms with Crippen molar-refractivity contribution in [3.05, 3.63) is 33.6 Å². The Hall–Kier alpha value is -1.39. The fourth-order valence-corrected chi connectivity index (χ4v) is 2.87. The summed E-state index contributed by atoms with van der Waals surface area (Å²) in [5, 5.41) is 11.9. The number of hydrogen-bond acceptors (Lipinski definition) is 4. The van der Waals surface area contributed by atoms with Crippen LogP contribution in [0.2, 0.25) is 0 Å². The van der Waals surface area contributed by atoms with Gasteiger partial charge in [-0.3, -0.25) is 0 Å². The maximum atomic E-state index is 8.91. The SMILES string of the molecule is COc1c(C)cc(-c2csc(CCO)n2)cc1C. The van der Waals surface area contributed by atoms with E-state index in [9.17, 15) is 0 Å². The van der Waals surface area contributed by atoms with Crippen LogP contribution in [0, 0.1) is 13.8 Å². The van der Waals surface area contributed by atoms with Gasteiger partial charge in [0, 0.05) is 24.0 Å². The molecule has 0 fully saturated rings. The van der Waals surface area contributed by atoms with Crippen molar-refractivity contribution in [1.29, 1.82) is 0 Å². The highest BCUT2D eigenvalue weighted by Gasteiger charge is 2.09. The highest BCUT2D eigenvalue weighted by atomic mass is 32.1. The third-order valence-corrected chi connectivity index (χ3v) is 3.75. The summed E-state index contributed by atoms with van der Waals surface area (Å²) in [6.45, 7) is 4.22. The Labute approximate surface area is 111 Å². The maximum absolute atomic E-state index is 8.91. The Morgan fingerprint density at radius 1 is 1.28 bits per heavy atom. The molecule has 0 saturated carbocycles. The second-order valence-electron chi connectivity index (χ2n) is 4.24.